The third kappa shape index (κ3) is 7.75. The number of aliphatic imine (C=N–C) groups is 1. The van der Waals surface area contributed by atoms with Gasteiger partial charge in [-0.1, -0.05) is 0 Å². The molecule has 0 saturated carbocycles. The van der Waals surface area contributed by atoms with Crippen LogP contribution in [0, 0.1) is 6.92 Å². The van der Waals surface area contributed by atoms with Crippen molar-refractivity contribution in [1.29, 1.82) is 0 Å². The molecule has 1 aromatic heterocycles. The molecule has 1 aromatic rings. The van der Waals surface area contributed by atoms with Gasteiger partial charge in [0.1, 0.15) is 0 Å². The summed E-state index contributed by atoms with van der Waals surface area (Å²) in [6, 6.07) is 4.69. The number of hydrogen-bond donors (Lipinski definition) is 2. The summed E-state index contributed by atoms with van der Waals surface area (Å²) in [5, 5.41) is 3.27. The fourth-order valence-corrected chi connectivity index (χ4v) is 4.50. The lowest BCUT2D eigenvalue weighted by atomic mass is 10.2. The van der Waals surface area contributed by atoms with Gasteiger partial charge in [0, 0.05) is 42.5 Å². The minimum absolute atomic E-state index is 0. The molecule has 0 aromatic carbocycles. The first-order valence-electron chi connectivity index (χ1n) is 9.94. The molecule has 160 valence electrons. The van der Waals surface area contributed by atoms with E-state index >= 15 is 0 Å². The maximum Gasteiger partial charge on any atom is 0.188 e. The zero-order valence-electron chi connectivity index (χ0n) is 16.8. The van der Waals surface area contributed by atoms with E-state index in [4.69, 9.17) is 15.2 Å². The van der Waals surface area contributed by atoms with Crippen LogP contribution in [0.25, 0.3) is 0 Å². The minimum Gasteiger partial charge on any atom is -0.379 e. The van der Waals surface area contributed by atoms with Gasteiger partial charge in [0.15, 0.2) is 5.96 Å². The third-order valence-electron chi connectivity index (χ3n) is 5.07. The van der Waals surface area contributed by atoms with Crippen LogP contribution in [-0.2, 0) is 9.47 Å². The van der Waals surface area contributed by atoms with E-state index in [9.17, 15) is 0 Å². The second-order valence-corrected chi connectivity index (χ2v) is 8.39. The fourth-order valence-electron chi connectivity index (χ4n) is 3.49. The normalized spacial score (nSPS) is 20.5. The Morgan fingerprint density at radius 2 is 1.86 bits per heavy atom. The minimum atomic E-state index is 0. The summed E-state index contributed by atoms with van der Waals surface area (Å²) in [4.78, 5) is 12.2. The third-order valence-corrected chi connectivity index (χ3v) is 6.17. The predicted octanol–water partition coefficient (Wildman–Crippen LogP) is 1.67. The van der Waals surface area contributed by atoms with E-state index in [0.29, 0.717) is 12.5 Å². The Bertz CT molecular complexity index is 589. The van der Waals surface area contributed by atoms with Gasteiger partial charge in [-0.05, 0) is 32.0 Å². The summed E-state index contributed by atoms with van der Waals surface area (Å²) in [6.45, 7) is 12.0. The fraction of sp³-hybridized carbons (Fsp3) is 0.737. The average molecular weight is 523 g/mol. The summed E-state index contributed by atoms with van der Waals surface area (Å²) in [5.74, 6) is 0.545. The molecule has 0 amide bonds. The van der Waals surface area contributed by atoms with E-state index in [0.717, 1.165) is 72.1 Å². The molecule has 0 spiro atoms. The molecule has 3 N–H and O–H groups in total. The van der Waals surface area contributed by atoms with E-state index in [1.54, 1.807) is 0 Å². The summed E-state index contributed by atoms with van der Waals surface area (Å²) in [7, 11) is 0. The van der Waals surface area contributed by atoms with Crippen molar-refractivity contribution in [1.82, 2.24) is 15.1 Å². The van der Waals surface area contributed by atoms with Gasteiger partial charge in [0.05, 0.1) is 39.0 Å². The topological polar surface area (TPSA) is 75.3 Å². The Kier molecular flexibility index (Phi) is 11.0. The zero-order valence-corrected chi connectivity index (χ0v) is 19.9. The number of hydrogen-bond acceptors (Lipinski definition) is 6. The van der Waals surface area contributed by atoms with Crippen LogP contribution in [0.3, 0.4) is 0 Å². The monoisotopic (exact) mass is 523 g/mol. The van der Waals surface area contributed by atoms with Crippen LogP contribution in [0.15, 0.2) is 17.1 Å². The first kappa shape index (κ1) is 23.8. The van der Waals surface area contributed by atoms with Gasteiger partial charge in [0.25, 0.3) is 0 Å². The molecular weight excluding hydrogens is 489 g/mol. The molecule has 9 heteroatoms. The number of nitrogens with zero attached hydrogens (tertiary/aromatic N) is 3. The second-order valence-electron chi connectivity index (χ2n) is 7.07. The number of thiophene rings is 1. The molecule has 1 unspecified atom stereocenters. The molecule has 2 saturated heterocycles. The molecule has 0 bridgehead atoms. The van der Waals surface area contributed by atoms with E-state index in [2.05, 4.69) is 39.2 Å². The van der Waals surface area contributed by atoms with Crippen LogP contribution in [-0.4, -0.2) is 88.0 Å². The number of rotatable bonds is 8. The molecule has 1 atom stereocenters. The molecule has 3 rings (SSSR count). The quantitative estimate of drug-likeness (QED) is 0.234. The van der Waals surface area contributed by atoms with Crippen molar-refractivity contribution in [3.8, 4) is 0 Å². The molecule has 0 aliphatic carbocycles. The van der Waals surface area contributed by atoms with Crippen molar-refractivity contribution in [2.75, 3.05) is 72.2 Å². The van der Waals surface area contributed by atoms with Gasteiger partial charge in [-0.15, -0.1) is 35.3 Å². The summed E-state index contributed by atoms with van der Waals surface area (Å²) in [6.07, 6.45) is 1.06. The number of ether oxygens (including phenoxy) is 2. The van der Waals surface area contributed by atoms with E-state index in [1.807, 2.05) is 11.3 Å². The second kappa shape index (κ2) is 13.0. The lowest BCUT2D eigenvalue weighted by molar-refractivity contribution is 0.0187. The van der Waals surface area contributed by atoms with Crippen LogP contribution in [0.5, 0.6) is 0 Å². The number of guanidine groups is 1. The van der Waals surface area contributed by atoms with Crippen LogP contribution < -0.4 is 11.1 Å². The van der Waals surface area contributed by atoms with Crippen molar-refractivity contribution in [2.24, 2.45) is 10.7 Å². The lowest BCUT2D eigenvalue weighted by Gasteiger charge is -2.33. The van der Waals surface area contributed by atoms with Crippen molar-refractivity contribution in [2.45, 2.75) is 19.4 Å². The van der Waals surface area contributed by atoms with E-state index in [-0.39, 0.29) is 30.0 Å². The Hall–Kier alpha value is -0.460. The van der Waals surface area contributed by atoms with E-state index in [1.165, 1.54) is 9.75 Å². The largest absolute Gasteiger partial charge is 0.379 e. The van der Waals surface area contributed by atoms with Crippen LogP contribution in [0.1, 0.15) is 22.2 Å². The molecule has 28 heavy (non-hydrogen) atoms. The molecule has 2 fully saturated rings. The maximum atomic E-state index is 6.12. The predicted molar refractivity (Wildman–Crippen MR) is 126 cm³/mol. The van der Waals surface area contributed by atoms with Gasteiger partial charge in [-0.3, -0.25) is 14.8 Å². The van der Waals surface area contributed by atoms with Gasteiger partial charge < -0.3 is 20.5 Å². The SMILES string of the molecule is Cc1ccc(C(CN=C(N)NCCCN2CCOCC2)N2CCOCC2)s1.I. The van der Waals surface area contributed by atoms with E-state index < -0.39 is 0 Å². The standard InChI is InChI=1S/C19H33N5O2S.HI/c1-16-3-4-18(27-16)17(24-9-13-26-14-10-24)15-22-19(20)21-5-2-6-23-7-11-25-12-8-23;/h3-4,17H,2,5-15H2,1H3,(H3,20,21,22);1H. The van der Waals surface area contributed by atoms with Gasteiger partial charge in [-0.25, -0.2) is 0 Å². The summed E-state index contributed by atoms with van der Waals surface area (Å²) < 4.78 is 10.9. The number of nitrogens with one attached hydrogen (secondary N) is 1. The average Bonchev–Trinajstić information content (AvgIpc) is 3.13. The first-order chi connectivity index (χ1) is 13.2. The Labute approximate surface area is 189 Å². The highest BCUT2D eigenvalue weighted by molar-refractivity contribution is 14.0. The van der Waals surface area contributed by atoms with Gasteiger partial charge >= 0.3 is 0 Å². The Morgan fingerprint density at radius 1 is 1.18 bits per heavy atom. The molecule has 7 nitrogen and oxygen atoms in total. The molecular formula is C19H34IN5O2S. The molecule has 3 heterocycles. The summed E-state index contributed by atoms with van der Waals surface area (Å²) in [5.41, 5.74) is 6.12. The number of morpholine rings is 2. The Morgan fingerprint density at radius 3 is 2.50 bits per heavy atom. The van der Waals surface area contributed by atoms with Crippen LogP contribution in [0.2, 0.25) is 0 Å². The highest BCUT2D eigenvalue weighted by Gasteiger charge is 2.23. The van der Waals surface area contributed by atoms with Crippen molar-refractivity contribution < 1.29 is 9.47 Å². The van der Waals surface area contributed by atoms with Crippen LogP contribution >= 0.6 is 35.3 Å². The highest BCUT2D eigenvalue weighted by atomic mass is 127. The smallest absolute Gasteiger partial charge is 0.188 e. The number of halogens is 1. The summed E-state index contributed by atoms with van der Waals surface area (Å²) >= 11 is 1.85. The van der Waals surface area contributed by atoms with Crippen molar-refractivity contribution in [3.63, 3.8) is 0 Å². The molecule has 2 aliphatic heterocycles. The molecule has 2 aliphatic rings. The van der Waals surface area contributed by atoms with Gasteiger partial charge in [-0.2, -0.15) is 0 Å². The van der Waals surface area contributed by atoms with Crippen molar-refractivity contribution >= 4 is 41.3 Å². The number of nitrogens with two attached hydrogens (primary N) is 1. The first-order valence-corrected chi connectivity index (χ1v) is 10.8. The Balaban J connectivity index is 0.00000280. The zero-order chi connectivity index (χ0) is 18.9. The number of aryl methyl sites for hydroxylation is 1. The highest BCUT2D eigenvalue weighted by Crippen LogP contribution is 2.28. The van der Waals surface area contributed by atoms with Crippen molar-refractivity contribution in [3.05, 3.63) is 21.9 Å². The van der Waals surface area contributed by atoms with Crippen LogP contribution in [0.4, 0.5) is 0 Å². The van der Waals surface area contributed by atoms with Gasteiger partial charge in [0.2, 0.25) is 0 Å². The lowest BCUT2D eigenvalue weighted by Crippen LogP contribution is -2.41. The molecule has 0 radical (unpaired) electrons. The maximum absolute atomic E-state index is 6.12.